The normalized spacial score (nSPS) is 13.9. The number of nitrogens with one attached hydrogen (secondary N) is 2. The Kier molecular flexibility index (Phi) is 5.96. The Morgan fingerprint density at radius 2 is 1.92 bits per heavy atom. The molecule has 0 spiro atoms. The number of rotatable bonds is 6. The SMILES string of the molecule is O=C(NCCNc1cccnc1)c1c(=O)c2ccc(N3CCOCC3)nc2n2c1sc1ccccc12. The summed E-state index contributed by atoms with van der Waals surface area (Å²) >= 11 is 1.43. The Morgan fingerprint density at radius 3 is 2.75 bits per heavy atom. The molecule has 2 N–H and O–H groups in total. The summed E-state index contributed by atoms with van der Waals surface area (Å²) in [5, 5.41) is 6.54. The molecule has 1 aliphatic heterocycles. The van der Waals surface area contributed by atoms with Gasteiger partial charge in [-0.2, -0.15) is 0 Å². The zero-order chi connectivity index (χ0) is 24.5. The highest BCUT2D eigenvalue weighted by Crippen LogP contribution is 2.31. The molecule has 1 amide bonds. The number of benzene rings is 1. The second-order valence-corrected chi connectivity index (χ2v) is 9.51. The number of pyridine rings is 3. The van der Waals surface area contributed by atoms with Crippen LogP contribution in [-0.2, 0) is 4.74 Å². The van der Waals surface area contributed by atoms with E-state index >= 15 is 0 Å². The molecule has 5 aromatic rings. The Bertz CT molecular complexity index is 1630. The van der Waals surface area contributed by atoms with Crippen molar-refractivity contribution >= 4 is 54.8 Å². The number of aromatic nitrogens is 3. The van der Waals surface area contributed by atoms with Crippen molar-refractivity contribution in [1.82, 2.24) is 19.7 Å². The average molecular weight is 501 g/mol. The Labute approximate surface area is 210 Å². The molecule has 6 rings (SSSR count). The maximum atomic E-state index is 13.6. The smallest absolute Gasteiger partial charge is 0.258 e. The van der Waals surface area contributed by atoms with Crippen molar-refractivity contribution in [2.24, 2.45) is 0 Å². The zero-order valence-corrected chi connectivity index (χ0v) is 20.3. The molecule has 1 aromatic carbocycles. The molecule has 5 heterocycles. The summed E-state index contributed by atoms with van der Waals surface area (Å²) in [5.41, 5.74) is 2.18. The third-order valence-corrected chi connectivity index (χ3v) is 7.38. The fourth-order valence-electron chi connectivity index (χ4n) is 4.49. The number of carbonyl (C=O) groups is 1. The van der Waals surface area contributed by atoms with Crippen LogP contribution in [0.5, 0.6) is 0 Å². The molecule has 4 aromatic heterocycles. The van der Waals surface area contributed by atoms with Crippen LogP contribution in [0.4, 0.5) is 11.5 Å². The highest BCUT2D eigenvalue weighted by molar-refractivity contribution is 7.24. The van der Waals surface area contributed by atoms with E-state index < -0.39 is 5.91 Å². The molecule has 1 fully saturated rings. The van der Waals surface area contributed by atoms with Crippen LogP contribution >= 0.6 is 11.3 Å². The number of hydrogen-bond acceptors (Lipinski definition) is 8. The molecule has 0 aliphatic carbocycles. The van der Waals surface area contributed by atoms with Gasteiger partial charge in [0, 0.05) is 38.6 Å². The molecule has 182 valence electrons. The third-order valence-electron chi connectivity index (χ3n) is 6.24. The number of morpholine rings is 1. The lowest BCUT2D eigenvalue weighted by Gasteiger charge is -2.27. The number of hydrogen-bond donors (Lipinski definition) is 2. The molecule has 0 unspecified atom stereocenters. The number of fused-ring (bicyclic) bond motifs is 5. The first-order valence-electron chi connectivity index (χ1n) is 11.8. The Morgan fingerprint density at radius 1 is 1.06 bits per heavy atom. The minimum atomic E-state index is -0.392. The predicted molar refractivity (Wildman–Crippen MR) is 142 cm³/mol. The molecule has 1 saturated heterocycles. The monoisotopic (exact) mass is 500 g/mol. The number of nitrogens with zero attached hydrogens (tertiary/aromatic N) is 4. The molecule has 1 aliphatic rings. The van der Waals surface area contributed by atoms with E-state index in [2.05, 4.69) is 20.5 Å². The van der Waals surface area contributed by atoms with Crippen molar-refractivity contribution in [3.63, 3.8) is 0 Å². The Balaban J connectivity index is 1.41. The first-order valence-corrected chi connectivity index (χ1v) is 12.6. The lowest BCUT2D eigenvalue weighted by atomic mass is 10.1. The topological polar surface area (TPSA) is 101 Å². The summed E-state index contributed by atoms with van der Waals surface area (Å²) in [4.78, 5) is 38.7. The fourth-order valence-corrected chi connectivity index (χ4v) is 5.67. The predicted octanol–water partition coefficient (Wildman–Crippen LogP) is 3.14. The minimum Gasteiger partial charge on any atom is -0.382 e. The van der Waals surface area contributed by atoms with Crippen LogP contribution < -0.4 is 21.0 Å². The summed E-state index contributed by atoms with van der Waals surface area (Å²) < 4.78 is 8.41. The molecule has 0 bridgehead atoms. The lowest BCUT2D eigenvalue weighted by molar-refractivity contribution is 0.0956. The summed E-state index contributed by atoms with van der Waals surface area (Å²) in [6, 6.07) is 15.3. The van der Waals surface area contributed by atoms with E-state index in [-0.39, 0.29) is 11.0 Å². The van der Waals surface area contributed by atoms with Crippen molar-refractivity contribution in [1.29, 1.82) is 0 Å². The van der Waals surface area contributed by atoms with E-state index in [0.29, 0.717) is 42.2 Å². The number of ether oxygens (including phenoxy) is 1. The molecule has 10 heteroatoms. The largest absolute Gasteiger partial charge is 0.382 e. The van der Waals surface area contributed by atoms with Gasteiger partial charge in [-0.25, -0.2) is 4.98 Å². The van der Waals surface area contributed by atoms with E-state index in [1.165, 1.54) is 11.3 Å². The van der Waals surface area contributed by atoms with Gasteiger partial charge in [0.25, 0.3) is 5.91 Å². The molecule has 9 nitrogen and oxygen atoms in total. The maximum Gasteiger partial charge on any atom is 0.258 e. The van der Waals surface area contributed by atoms with E-state index in [0.717, 1.165) is 34.8 Å². The number of thiazole rings is 1. The first kappa shape index (κ1) is 22.4. The number of amides is 1. The van der Waals surface area contributed by atoms with Gasteiger partial charge in [0.05, 0.1) is 34.5 Å². The van der Waals surface area contributed by atoms with Crippen LogP contribution in [0.1, 0.15) is 10.4 Å². The van der Waals surface area contributed by atoms with Gasteiger partial charge in [-0.1, -0.05) is 12.1 Å². The molecular weight excluding hydrogens is 476 g/mol. The van der Waals surface area contributed by atoms with Crippen molar-refractivity contribution < 1.29 is 9.53 Å². The summed E-state index contributed by atoms with van der Waals surface area (Å²) in [7, 11) is 0. The first-order chi connectivity index (χ1) is 17.7. The number of para-hydroxylation sites is 1. The van der Waals surface area contributed by atoms with Gasteiger partial charge in [-0.15, -0.1) is 11.3 Å². The van der Waals surface area contributed by atoms with Crippen molar-refractivity contribution in [2.45, 2.75) is 0 Å². The number of carbonyl (C=O) groups excluding carboxylic acids is 1. The molecule has 36 heavy (non-hydrogen) atoms. The minimum absolute atomic E-state index is 0.144. The van der Waals surface area contributed by atoms with Gasteiger partial charge in [-0.05, 0) is 36.4 Å². The van der Waals surface area contributed by atoms with Gasteiger partial charge >= 0.3 is 0 Å². The quantitative estimate of drug-likeness (QED) is 0.346. The van der Waals surface area contributed by atoms with E-state index in [1.54, 1.807) is 18.5 Å². The molecular formula is C26H24N6O3S. The highest BCUT2D eigenvalue weighted by atomic mass is 32.1. The van der Waals surface area contributed by atoms with Crippen molar-refractivity contribution in [3.8, 4) is 0 Å². The van der Waals surface area contributed by atoms with Gasteiger partial charge in [0.1, 0.15) is 16.2 Å². The van der Waals surface area contributed by atoms with Crippen LogP contribution in [0, 0.1) is 0 Å². The average Bonchev–Trinajstić information content (AvgIpc) is 3.31. The van der Waals surface area contributed by atoms with Gasteiger partial charge in [0.2, 0.25) is 5.43 Å². The van der Waals surface area contributed by atoms with E-state index in [1.807, 2.05) is 46.9 Å². The van der Waals surface area contributed by atoms with Gasteiger partial charge < -0.3 is 20.3 Å². The van der Waals surface area contributed by atoms with Crippen LogP contribution in [0.2, 0.25) is 0 Å². The number of anilines is 2. The second-order valence-electron chi connectivity index (χ2n) is 8.48. The summed E-state index contributed by atoms with van der Waals surface area (Å²) in [6.07, 6.45) is 3.42. The molecule has 0 atom stereocenters. The van der Waals surface area contributed by atoms with E-state index in [4.69, 9.17) is 9.72 Å². The second kappa shape index (κ2) is 9.56. The van der Waals surface area contributed by atoms with E-state index in [9.17, 15) is 9.59 Å². The van der Waals surface area contributed by atoms with Gasteiger partial charge in [-0.3, -0.25) is 19.0 Å². The van der Waals surface area contributed by atoms with Crippen molar-refractivity contribution in [2.75, 3.05) is 49.6 Å². The maximum absolute atomic E-state index is 13.6. The van der Waals surface area contributed by atoms with Crippen LogP contribution in [0.25, 0.3) is 26.1 Å². The van der Waals surface area contributed by atoms with Crippen molar-refractivity contribution in [3.05, 3.63) is 76.7 Å². The zero-order valence-electron chi connectivity index (χ0n) is 19.4. The molecule has 0 radical (unpaired) electrons. The fraction of sp³-hybridized carbons (Fsp3) is 0.231. The van der Waals surface area contributed by atoms with Crippen LogP contribution in [-0.4, -0.2) is 59.7 Å². The third kappa shape index (κ3) is 4.04. The highest BCUT2D eigenvalue weighted by Gasteiger charge is 2.23. The van der Waals surface area contributed by atoms with Gasteiger partial charge in [0.15, 0.2) is 5.65 Å². The van der Waals surface area contributed by atoms with Crippen LogP contribution in [0.15, 0.2) is 65.7 Å². The summed E-state index contributed by atoms with van der Waals surface area (Å²) in [5.74, 6) is 0.407. The summed E-state index contributed by atoms with van der Waals surface area (Å²) in [6.45, 7) is 3.64. The molecule has 0 saturated carbocycles. The van der Waals surface area contributed by atoms with Crippen LogP contribution in [0.3, 0.4) is 0 Å². The Hall–Kier alpha value is -4.02. The standard InChI is InChI=1S/C26H24N6O3S/c33-23-18-7-8-21(31-12-14-35-15-13-31)30-24(18)32-19-5-1-2-6-20(19)36-26(32)22(23)25(34)29-11-10-28-17-4-3-9-27-16-17/h1-9,16,28H,10-15H2,(H,29,34). The lowest BCUT2D eigenvalue weighted by Crippen LogP contribution is -2.37.